The highest BCUT2D eigenvalue weighted by atomic mass is 16.7. The smallest absolute Gasteiger partial charge is 0.275 e. The Labute approximate surface area is 149 Å². The van der Waals surface area contributed by atoms with Gasteiger partial charge >= 0.3 is 0 Å². The number of hydrogen-bond donors (Lipinski definition) is 2. The molecule has 0 aliphatic carbocycles. The van der Waals surface area contributed by atoms with E-state index >= 15 is 0 Å². The van der Waals surface area contributed by atoms with Crippen LogP contribution < -0.4 is 20.1 Å². The highest BCUT2D eigenvalue weighted by Gasteiger charge is 2.13. The standard InChI is InChI=1S/C18H16N4O4/c1-11-6-17(22-26-11)21-18(23)14-4-3-13(9-20-14)19-8-12-2-5-15-16(7-12)25-10-24-15/h2-7,9,19H,8,10H2,1H3,(H,21,22,23). The molecule has 8 heteroatoms. The molecule has 26 heavy (non-hydrogen) atoms. The Balaban J connectivity index is 1.36. The molecule has 0 spiro atoms. The van der Waals surface area contributed by atoms with Gasteiger partial charge in [0.15, 0.2) is 17.3 Å². The third-order valence-corrected chi connectivity index (χ3v) is 3.80. The van der Waals surface area contributed by atoms with Crippen LogP contribution >= 0.6 is 0 Å². The number of rotatable bonds is 5. The first-order valence-electron chi connectivity index (χ1n) is 8.00. The Morgan fingerprint density at radius 2 is 2.04 bits per heavy atom. The van der Waals surface area contributed by atoms with Crippen LogP contribution in [0.15, 0.2) is 47.1 Å². The summed E-state index contributed by atoms with van der Waals surface area (Å²) in [7, 11) is 0. The van der Waals surface area contributed by atoms with Crippen molar-refractivity contribution in [3.8, 4) is 11.5 Å². The fraction of sp³-hybridized carbons (Fsp3) is 0.167. The molecule has 1 aliphatic rings. The summed E-state index contributed by atoms with van der Waals surface area (Å²) in [6, 6.07) is 10.9. The predicted octanol–water partition coefficient (Wildman–Crippen LogP) is 2.97. The molecular weight excluding hydrogens is 336 g/mol. The number of amides is 1. The third-order valence-electron chi connectivity index (χ3n) is 3.80. The molecule has 0 saturated heterocycles. The summed E-state index contributed by atoms with van der Waals surface area (Å²) in [6.45, 7) is 2.61. The normalized spacial score (nSPS) is 12.0. The van der Waals surface area contributed by atoms with Crippen molar-refractivity contribution < 1.29 is 18.8 Å². The van der Waals surface area contributed by atoms with E-state index in [1.807, 2.05) is 18.2 Å². The molecule has 0 saturated carbocycles. The van der Waals surface area contributed by atoms with Gasteiger partial charge in [-0.15, -0.1) is 0 Å². The van der Waals surface area contributed by atoms with E-state index in [9.17, 15) is 4.79 Å². The fourth-order valence-electron chi connectivity index (χ4n) is 2.49. The highest BCUT2D eigenvalue weighted by Crippen LogP contribution is 2.32. The minimum absolute atomic E-state index is 0.258. The zero-order valence-corrected chi connectivity index (χ0v) is 14.0. The van der Waals surface area contributed by atoms with E-state index in [2.05, 4.69) is 20.8 Å². The molecule has 8 nitrogen and oxygen atoms in total. The first-order chi connectivity index (χ1) is 12.7. The SMILES string of the molecule is Cc1cc(NC(=O)c2ccc(NCc3ccc4c(c3)OCO4)cn2)no1. The van der Waals surface area contributed by atoms with Crippen LogP contribution in [0.4, 0.5) is 11.5 Å². The van der Waals surface area contributed by atoms with Gasteiger partial charge in [0.25, 0.3) is 5.91 Å². The second kappa shape index (κ2) is 6.75. The maximum atomic E-state index is 12.1. The van der Waals surface area contributed by atoms with Crippen molar-refractivity contribution in [3.63, 3.8) is 0 Å². The first-order valence-corrected chi connectivity index (χ1v) is 8.00. The molecule has 4 rings (SSSR count). The van der Waals surface area contributed by atoms with Crippen molar-refractivity contribution >= 4 is 17.4 Å². The average Bonchev–Trinajstić information content (AvgIpc) is 3.28. The molecule has 132 valence electrons. The molecule has 0 fully saturated rings. The summed E-state index contributed by atoms with van der Waals surface area (Å²) < 4.78 is 15.6. The zero-order chi connectivity index (χ0) is 17.9. The van der Waals surface area contributed by atoms with E-state index in [0.717, 1.165) is 22.7 Å². The van der Waals surface area contributed by atoms with Crippen molar-refractivity contribution in [2.45, 2.75) is 13.5 Å². The minimum atomic E-state index is -0.347. The Kier molecular flexibility index (Phi) is 4.14. The number of anilines is 2. The fourth-order valence-corrected chi connectivity index (χ4v) is 2.49. The summed E-state index contributed by atoms with van der Waals surface area (Å²) in [5.41, 5.74) is 2.15. The maximum absolute atomic E-state index is 12.1. The minimum Gasteiger partial charge on any atom is -0.454 e. The van der Waals surface area contributed by atoms with Crippen molar-refractivity contribution in [1.29, 1.82) is 0 Å². The topological polar surface area (TPSA) is 98.5 Å². The number of hydrogen-bond acceptors (Lipinski definition) is 7. The van der Waals surface area contributed by atoms with Gasteiger partial charge in [-0.25, -0.2) is 4.98 Å². The van der Waals surface area contributed by atoms with Gasteiger partial charge in [-0.05, 0) is 36.8 Å². The van der Waals surface area contributed by atoms with Gasteiger partial charge in [0.05, 0.1) is 11.9 Å². The van der Waals surface area contributed by atoms with Crippen LogP contribution in [0.3, 0.4) is 0 Å². The number of carbonyl (C=O) groups is 1. The summed E-state index contributed by atoms with van der Waals surface area (Å²) in [5.74, 6) is 2.14. The van der Waals surface area contributed by atoms with Crippen molar-refractivity contribution in [1.82, 2.24) is 10.1 Å². The van der Waals surface area contributed by atoms with Gasteiger partial charge < -0.3 is 24.6 Å². The number of ether oxygens (including phenoxy) is 2. The van der Waals surface area contributed by atoms with Crippen LogP contribution in [-0.4, -0.2) is 22.8 Å². The largest absolute Gasteiger partial charge is 0.454 e. The number of carbonyl (C=O) groups excluding carboxylic acids is 1. The zero-order valence-electron chi connectivity index (χ0n) is 14.0. The summed E-state index contributed by atoms with van der Waals surface area (Å²) in [6.07, 6.45) is 1.61. The molecule has 3 heterocycles. The number of nitrogens with zero attached hydrogens (tertiary/aromatic N) is 2. The van der Waals surface area contributed by atoms with E-state index in [0.29, 0.717) is 23.8 Å². The van der Waals surface area contributed by atoms with Gasteiger partial charge in [0, 0.05) is 12.6 Å². The molecule has 0 radical (unpaired) electrons. The lowest BCUT2D eigenvalue weighted by Crippen LogP contribution is -2.14. The van der Waals surface area contributed by atoms with Crippen LogP contribution in [0.5, 0.6) is 11.5 Å². The van der Waals surface area contributed by atoms with E-state index in [1.165, 1.54) is 0 Å². The average molecular weight is 352 g/mol. The van der Waals surface area contributed by atoms with Gasteiger partial charge in [0.1, 0.15) is 11.5 Å². The molecule has 2 aromatic heterocycles. The number of fused-ring (bicyclic) bond motifs is 1. The van der Waals surface area contributed by atoms with Crippen molar-refractivity contribution in [2.75, 3.05) is 17.4 Å². The quantitative estimate of drug-likeness (QED) is 0.728. The molecular formula is C18H16N4O4. The van der Waals surface area contributed by atoms with E-state index in [1.54, 1.807) is 31.3 Å². The lowest BCUT2D eigenvalue weighted by molar-refractivity contribution is 0.102. The number of benzene rings is 1. The molecule has 1 aliphatic heterocycles. The second-order valence-corrected chi connectivity index (χ2v) is 5.75. The predicted molar refractivity (Wildman–Crippen MR) is 93.3 cm³/mol. The molecule has 3 aromatic rings. The second-order valence-electron chi connectivity index (χ2n) is 5.75. The highest BCUT2D eigenvalue weighted by molar-refractivity contribution is 6.02. The number of nitrogens with one attached hydrogen (secondary N) is 2. The Bertz CT molecular complexity index is 937. The number of aromatic nitrogens is 2. The van der Waals surface area contributed by atoms with Crippen LogP contribution in [0, 0.1) is 6.92 Å². The maximum Gasteiger partial charge on any atom is 0.275 e. The lowest BCUT2D eigenvalue weighted by atomic mass is 10.2. The molecule has 0 atom stereocenters. The van der Waals surface area contributed by atoms with Gasteiger partial charge in [-0.1, -0.05) is 11.2 Å². The van der Waals surface area contributed by atoms with Gasteiger partial charge in [-0.3, -0.25) is 4.79 Å². The first kappa shape index (κ1) is 15.9. The number of aryl methyl sites for hydroxylation is 1. The summed E-state index contributed by atoms with van der Waals surface area (Å²) in [5, 5.41) is 9.60. The Morgan fingerprint density at radius 3 is 2.81 bits per heavy atom. The Morgan fingerprint density at radius 1 is 1.15 bits per heavy atom. The number of pyridine rings is 1. The molecule has 1 amide bonds. The summed E-state index contributed by atoms with van der Waals surface area (Å²) >= 11 is 0. The van der Waals surface area contributed by atoms with E-state index < -0.39 is 0 Å². The van der Waals surface area contributed by atoms with Crippen LogP contribution in [0.2, 0.25) is 0 Å². The van der Waals surface area contributed by atoms with Crippen LogP contribution in [0.25, 0.3) is 0 Å². The van der Waals surface area contributed by atoms with Crippen LogP contribution in [0.1, 0.15) is 21.8 Å². The Hall–Kier alpha value is -3.55. The van der Waals surface area contributed by atoms with E-state index in [4.69, 9.17) is 14.0 Å². The monoisotopic (exact) mass is 352 g/mol. The molecule has 2 N–H and O–H groups in total. The van der Waals surface area contributed by atoms with E-state index in [-0.39, 0.29) is 12.7 Å². The van der Waals surface area contributed by atoms with Gasteiger partial charge in [0.2, 0.25) is 6.79 Å². The third kappa shape index (κ3) is 3.44. The lowest BCUT2D eigenvalue weighted by Gasteiger charge is -2.08. The van der Waals surface area contributed by atoms with Crippen molar-refractivity contribution in [2.24, 2.45) is 0 Å². The van der Waals surface area contributed by atoms with Crippen LogP contribution in [-0.2, 0) is 6.54 Å². The van der Waals surface area contributed by atoms with Crippen molar-refractivity contribution in [3.05, 3.63) is 59.6 Å². The molecule has 0 bridgehead atoms. The van der Waals surface area contributed by atoms with Gasteiger partial charge in [-0.2, -0.15) is 0 Å². The molecule has 1 aromatic carbocycles. The molecule has 0 unspecified atom stereocenters. The summed E-state index contributed by atoms with van der Waals surface area (Å²) in [4.78, 5) is 16.3.